The Morgan fingerprint density at radius 3 is 2.87 bits per heavy atom. The van der Waals surface area contributed by atoms with E-state index in [2.05, 4.69) is 4.90 Å². The van der Waals surface area contributed by atoms with Crippen molar-refractivity contribution < 1.29 is 0 Å². The molecule has 0 radical (unpaired) electrons. The predicted octanol–water partition coefficient (Wildman–Crippen LogP) is 2.53. The first-order valence-electron chi connectivity index (χ1n) is 5.07. The first-order chi connectivity index (χ1) is 7.16. The average Bonchev–Trinajstić information content (AvgIpc) is 2.59. The molecule has 0 spiro atoms. The quantitative estimate of drug-likeness (QED) is 0.867. The van der Waals surface area contributed by atoms with Gasteiger partial charge < -0.3 is 5.73 Å². The molecular weight excluding hydrogens is 231 g/mol. The van der Waals surface area contributed by atoms with Gasteiger partial charge in [0.25, 0.3) is 0 Å². The summed E-state index contributed by atoms with van der Waals surface area (Å²) in [5.41, 5.74) is 6.93. The van der Waals surface area contributed by atoms with E-state index in [-0.39, 0.29) is 0 Å². The molecule has 1 aromatic carbocycles. The fourth-order valence-corrected chi connectivity index (χ4v) is 2.30. The molecular formula is C11H14Cl2N2. The Labute approximate surface area is 100.0 Å². The largest absolute Gasteiger partial charge is 0.326 e. The zero-order valence-electron chi connectivity index (χ0n) is 8.42. The number of halogens is 2. The summed E-state index contributed by atoms with van der Waals surface area (Å²) in [7, 11) is 0. The summed E-state index contributed by atoms with van der Waals surface area (Å²) in [5, 5.41) is 1.29. The van der Waals surface area contributed by atoms with Crippen molar-refractivity contribution in [3.8, 4) is 0 Å². The maximum absolute atomic E-state index is 6.12. The van der Waals surface area contributed by atoms with Crippen LogP contribution >= 0.6 is 23.2 Å². The zero-order valence-corrected chi connectivity index (χ0v) is 9.93. The normalized spacial score (nSPS) is 22.2. The highest BCUT2D eigenvalue weighted by atomic mass is 35.5. The standard InChI is InChI=1S/C11H14Cl2N2/c12-10-3-1-2-8(11(10)13)6-15-5-4-9(14)7-15/h1-3,9H,4-7,14H2/t9-/m1/s1. The molecule has 1 heterocycles. The summed E-state index contributed by atoms with van der Waals surface area (Å²) < 4.78 is 0. The highest BCUT2D eigenvalue weighted by Gasteiger charge is 2.19. The molecule has 0 unspecified atom stereocenters. The van der Waals surface area contributed by atoms with Gasteiger partial charge in [-0.2, -0.15) is 0 Å². The summed E-state index contributed by atoms with van der Waals surface area (Å²) in [6.45, 7) is 2.83. The summed E-state index contributed by atoms with van der Waals surface area (Å²) in [4.78, 5) is 2.31. The molecule has 2 N–H and O–H groups in total. The van der Waals surface area contributed by atoms with Gasteiger partial charge in [-0.05, 0) is 18.1 Å². The number of rotatable bonds is 2. The molecule has 0 aromatic heterocycles. The molecule has 1 atom stereocenters. The van der Waals surface area contributed by atoms with Crippen molar-refractivity contribution in [1.82, 2.24) is 4.90 Å². The highest BCUT2D eigenvalue weighted by molar-refractivity contribution is 6.42. The molecule has 0 aliphatic carbocycles. The predicted molar refractivity (Wildman–Crippen MR) is 64.3 cm³/mol. The van der Waals surface area contributed by atoms with Crippen LogP contribution in [-0.2, 0) is 6.54 Å². The van der Waals surface area contributed by atoms with E-state index >= 15 is 0 Å². The van der Waals surface area contributed by atoms with E-state index in [1.165, 1.54) is 0 Å². The Balaban J connectivity index is 2.07. The molecule has 1 fully saturated rings. The van der Waals surface area contributed by atoms with Crippen LogP contribution in [0.15, 0.2) is 18.2 Å². The number of hydrogen-bond acceptors (Lipinski definition) is 2. The Morgan fingerprint density at radius 2 is 2.20 bits per heavy atom. The maximum Gasteiger partial charge on any atom is 0.0637 e. The van der Waals surface area contributed by atoms with Crippen LogP contribution < -0.4 is 5.73 Å². The van der Waals surface area contributed by atoms with Gasteiger partial charge >= 0.3 is 0 Å². The molecule has 15 heavy (non-hydrogen) atoms. The van der Waals surface area contributed by atoms with Gasteiger partial charge in [-0.15, -0.1) is 0 Å². The van der Waals surface area contributed by atoms with Crippen molar-refractivity contribution in [3.05, 3.63) is 33.8 Å². The van der Waals surface area contributed by atoms with Gasteiger partial charge in [0, 0.05) is 25.7 Å². The van der Waals surface area contributed by atoms with Gasteiger partial charge in [-0.25, -0.2) is 0 Å². The van der Waals surface area contributed by atoms with Crippen molar-refractivity contribution in [2.24, 2.45) is 5.73 Å². The minimum Gasteiger partial charge on any atom is -0.326 e. The molecule has 1 aromatic rings. The highest BCUT2D eigenvalue weighted by Crippen LogP contribution is 2.27. The van der Waals surface area contributed by atoms with E-state index in [1.807, 2.05) is 18.2 Å². The topological polar surface area (TPSA) is 29.3 Å². The Kier molecular flexibility index (Phi) is 3.52. The second-order valence-electron chi connectivity index (χ2n) is 4.00. The average molecular weight is 245 g/mol. The fraction of sp³-hybridized carbons (Fsp3) is 0.455. The van der Waals surface area contributed by atoms with Crippen LogP contribution in [0, 0.1) is 0 Å². The third kappa shape index (κ3) is 2.64. The molecule has 0 saturated carbocycles. The monoisotopic (exact) mass is 244 g/mol. The Bertz CT molecular complexity index is 354. The summed E-state index contributed by atoms with van der Waals surface area (Å²) in [6, 6.07) is 6.06. The van der Waals surface area contributed by atoms with E-state index in [9.17, 15) is 0 Å². The fourth-order valence-electron chi connectivity index (χ4n) is 1.92. The number of nitrogens with zero attached hydrogens (tertiary/aromatic N) is 1. The van der Waals surface area contributed by atoms with Gasteiger partial charge in [0.05, 0.1) is 10.0 Å². The Morgan fingerprint density at radius 1 is 1.40 bits per heavy atom. The van der Waals surface area contributed by atoms with Crippen molar-refractivity contribution in [1.29, 1.82) is 0 Å². The summed E-state index contributed by atoms with van der Waals surface area (Å²) in [6.07, 6.45) is 1.07. The van der Waals surface area contributed by atoms with Crippen molar-refractivity contribution in [2.75, 3.05) is 13.1 Å². The van der Waals surface area contributed by atoms with Gasteiger partial charge in [0.2, 0.25) is 0 Å². The number of likely N-dealkylation sites (tertiary alicyclic amines) is 1. The SMILES string of the molecule is N[C@@H]1CCN(Cc2cccc(Cl)c2Cl)C1. The molecule has 0 amide bonds. The van der Waals surface area contributed by atoms with Crippen LogP contribution in [0.4, 0.5) is 0 Å². The van der Waals surface area contributed by atoms with Crippen LogP contribution in [0.3, 0.4) is 0 Å². The first-order valence-corrected chi connectivity index (χ1v) is 5.83. The van der Waals surface area contributed by atoms with Gasteiger partial charge in [-0.1, -0.05) is 35.3 Å². The molecule has 82 valence electrons. The van der Waals surface area contributed by atoms with Crippen LogP contribution in [-0.4, -0.2) is 24.0 Å². The van der Waals surface area contributed by atoms with E-state index in [4.69, 9.17) is 28.9 Å². The molecule has 1 aliphatic rings. The van der Waals surface area contributed by atoms with E-state index < -0.39 is 0 Å². The van der Waals surface area contributed by atoms with Gasteiger partial charge in [0.1, 0.15) is 0 Å². The second-order valence-corrected chi connectivity index (χ2v) is 4.78. The third-order valence-corrected chi connectivity index (χ3v) is 3.59. The number of hydrogen-bond donors (Lipinski definition) is 1. The lowest BCUT2D eigenvalue weighted by atomic mass is 10.2. The van der Waals surface area contributed by atoms with Crippen LogP contribution in [0.5, 0.6) is 0 Å². The van der Waals surface area contributed by atoms with Crippen molar-refractivity contribution >= 4 is 23.2 Å². The number of benzene rings is 1. The maximum atomic E-state index is 6.12. The first kappa shape index (κ1) is 11.2. The summed E-state index contributed by atoms with van der Waals surface area (Å²) >= 11 is 12.1. The lowest BCUT2D eigenvalue weighted by molar-refractivity contribution is 0.327. The van der Waals surface area contributed by atoms with Gasteiger partial charge in [-0.3, -0.25) is 4.90 Å². The molecule has 2 nitrogen and oxygen atoms in total. The molecule has 1 aliphatic heterocycles. The molecule has 0 bridgehead atoms. The summed E-state index contributed by atoms with van der Waals surface area (Å²) in [5.74, 6) is 0. The number of nitrogens with two attached hydrogens (primary N) is 1. The minimum atomic E-state index is 0.308. The zero-order chi connectivity index (χ0) is 10.8. The van der Waals surface area contributed by atoms with E-state index in [0.29, 0.717) is 16.1 Å². The molecule has 4 heteroatoms. The lowest BCUT2D eigenvalue weighted by Gasteiger charge is -2.16. The second kappa shape index (κ2) is 4.71. The third-order valence-electron chi connectivity index (χ3n) is 2.73. The smallest absolute Gasteiger partial charge is 0.0637 e. The molecule has 1 saturated heterocycles. The van der Waals surface area contributed by atoms with Gasteiger partial charge in [0.15, 0.2) is 0 Å². The van der Waals surface area contributed by atoms with Crippen LogP contribution in [0.2, 0.25) is 10.0 Å². The lowest BCUT2D eigenvalue weighted by Crippen LogP contribution is -2.26. The van der Waals surface area contributed by atoms with Crippen LogP contribution in [0.1, 0.15) is 12.0 Å². The van der Waals surface area contributed by atoms with E-state index in [0.717, 1.165) is 31.6 Å². The minimum absolute atomic E-state index is 0.308. The van der Waals surface area contributed by atoms with Crippen LogP contribution in [0.25, 0.3) is 0 Å². The molecule has 2 rings (SSSR count). The van der Waals surface area contributed by atoms with Crippen molar-refractivity contribution in [3.63, 3.8) is 0 Å². The Hall–Kier alpha value is -0.280. The van der Waals surface area contributed by atoms with Crippen molar-refractivity contribution in [2.45, 2.75) is 19.0 Å². The van der Waals surface area contributed by atoms with E-state index in [1.54, 1.807) is 0 Å².